The average molecular weight is 393 g/mol. The predicted octanol–water partition coefficient (Wildman–Crippen LogP) is 1.76. The minimum atomic E-state index is -0.156. The van der Waals surface area contributed by atoms with Crippen LogP contribution in [-0.2, 0) is 6.54 Å². The number of hydrogen-bond donors (Lipinski definition) is 3. The number of aromatic nitrogens is 2. The number of piperazine rings is 1. The SMILES string of the molecule is CC(C)CNc1nc(C#N)ncc1CNC(=O)c1ccc(N2CCNCC2)cc1. The molecule has 1 aromatic heterocycles. The number of carbonyl (C=O) groups excluding carboxylic acids is 1. The van der Waals surface area contributed by atoms with Crippen molar-refractivity contribution in [2.75, 3.05) is 42.9 Å². The van der Waals surface area contributed by atoms with Crippen LogP contribution in [0.1, 0.15) is 35.6 Å². The normalized spacial score (nSPS) is 13.8. The molecule has 8 heteroatoms. The number of rotatable bonds is 7. The third-order valence-corrected chi connectivity index (χ3v) is 4.69. The van der Waals surface area contributed by atoms with Gasteiger partial charge in [-0.1, -0.05) is 13.8 Å². The van der Waals surface area contributed by atoms with Crippen LogP contribution >= 0.6 is 0 Å². The van der Waals surface area contributed by atoms with E-state index in [1.807, 2.05) is 30.3 Å². The van der Waals surface area contributed by atoms with Crippen molar-refractivity contribution in [2.24, 2.45) is 5.92 Å². The van der Waals surface area contributed by atoms with Gasteiger partial charge in [0.2, 0.25) is 5.82 Å². The zero-order chi connectivity index (χ0) is 20.6. The van der Waals surface area contributed by atoms with Gasteiger partial charge in [-0.2, -0.15) is 5.26 Å². The first-order valence-electron chi connectivity index (χ1n) is 9.90. The van der Waals surface area contributed by atoms with E-state index >= 15 is 0 Å². The molecular weight excluding hydrogens is 366 g/mol. The molecule has 1 aliphatic heterocycles. The lowest BCUT2D eigenvalue weighted by Gasteiger charge is -2.29. The van der Waals surface area contributed by atoms with Gasteiger partial charge in [0.15, 0.2) is 0 Å². The second-order valence-electron chi connectivity index (χ2n) is 7.42. The number of hydrogen-bond acceptors (Lipinski definition) is 7. The van der Waals surface area contributed by atoms with Crippen molar-refractivity contribution in [3.63, 3.8) is 0 Å². The van der Waals surface area contributed by atoms with Crippen molar-refractivity contribution in [2.45, 2.75) is 20.4 Å². The Hall–Kier alpha value is -3.18. The second kappa shape index (κ2) is 9.85. The highest BCUT2D eigenvalue weighted by Gasteiger charge is 2.13. The molecule has 1 aromatic carbocycles. The zero-order valence-electron chi connectivity index (χ0n) is 16.9. The van der Waals surface area contributed by atoms with E-state index < -0.39 is 0 Å². The molecule has 0 radical (unpaired) electrons. The van der Waals surface area contributed by atoms with Gasteiger partial charge in [-0.3, -0.25) is 4.79 Å². The summed E-state index contributed by atoms with van der Waals surface area (Å²) in [6.07, 6.45) is 1.59. The third-order valence-electron chi connectivity index (χ3n) is 4.69. The Kier molecular flexibility index (Phi) is 6.98. The molecule has 3 N–H and O–H groups in total. The number of carbonyl (C=O) groups is 1. The molecule has 1 fully saturated rings. The Morgan fingerprint density at radius 2 is 2.00 bits per heavy atom. The van der Waals surface area contributed by atoms with Gasteiger partial charge >= 0.3 is 0 Å². The summed E-state index contributed by atoms with van der Waals surface area (Å²) in [6.45, 7) is 9.06. The Bertz CT molecular complexity index is 868. The van der Waals surface area contributed by atoms with E-state index in [2.05, 4.69) is 44.7 Å². The number of nitrogens with one attached hydrogen (secondary N) is 3. The van der Waals surface area contributed by atoms with Crippen LogP contribution in [0.4, 0.5) is 11.5 Å². The highest BCUT2D eigenvalue weighted by atomic mass is 16.1. The van der Waals surface area contributed by atoms with Crippen molar-refractivity contribution < 1.29 is 4.79 Å². The monoisotopic (exact) mass is 393 g/mol. The lowest BCUT2D eigenvalue weighted by atomic mass is 10.1. The van der Waals surface area contributed by atoms with Crippen LogP contribution in [0.25, 0.3) is 0 Å². The fraction of sp³-hybridized carbons (Fsp3) is 0.429. The van der Waals surface area contributed by atoms with Gasteiger partial charge in [0.1, 0.15) is 11.9 Å². The van der Waals surface area contributed by atoms with Crippen molar-refractivity contribution in [3.8, 4) is 6.07 Å². The average Bonchev–Trinajstić information content (AvgIpc) is 2.77. The highest BCUT2D eigenvalue weighted by molar-refractivity contribution is 5.94. The lowest BCUT2D eigenvalue weighted by Crippen LogP contribution is -2.43. The minimum Gasteiger partial charge on any atom is -0.369 e. The van der Waals surface area contributed by atoms with Crippen molar-refractivity contribution in [3.05, 3.63) is 47.4 Å². The van der Waals surface area contributed by atoms with Gasteiger partial charge in [-0.15, -0.1) is 0 Å². The molecule has 0 atom stereocenters. The van der Waals surface area contributed by atoms with Crippen LogP contribution in [0, 0.1) is 17.2 Å². The number of nitrogens with zero attached hydrogens (tertiary/aromatic N) is 4. The summed E-state index contributed by atoms with van der Waals surface area (Å²) >= 11 is 0. The number of amides is 1. The van der Waals surface area contributed by atoms with Crippen LogP contribution in [0.2, 0.25) is 0 Å². The first kappa shape index (κ1) is 20.6. The van der Waals surface area contributed by atoms with Crippen LogP contribution in [0.5, 0.6) is 0 Å². The molecule has 152 valence electrons. The summed E-state index contributed by atoms with van der Waals surface area (Å²) in [5, 5.41) is 18.5. The molecule has 29 heavy (non-hydrogen) atoms. The molecule has 0 unspecified atom stereocenters. The Labute approximate surface area is 171 Å². The maximum absolute atomic E-state index is 12.6. The van der Waals surface area contributed by atoms with E-state index in [1.165, 1.54) is 0 Å². The lowest BCUT2D eigenvalue weighted by molar-refractivity contribution is 0.0951. The molecule has 1 saturated heterocycles. The van der Waals surface area contributed by atoms with Crippen molar-refractivity contribution in [1.29, 1.82) is 5.26 Å². The number of anilines is 2. The van der Waals surface area contributed by atoms with E-state index in [-0.39, 0.29) is 18.3 Å². The van der Waals surface area contributed by atoms with Gasteiger partial charge in [0, 0.05) is 62.3 Å². The minimum absolute atomic E-state index is 0.106. The maximum atomic E-state index is 12.6. The first-order valence-corrected chi connectivity index (χ1v) is 9.90. The molecule has 1 amide bonds. The van der Waals surface area contributed by atoms with Crippen LogP contribution < -0.4 is 20.9 Å². The van der Waals surface area contributed by atoms with E-state index in [0.717, 1.165) is 44.0 Å². The largest absolute Gasteiger partial charge is 0.369 e. The molecular formula is C21H27N7O. The summed E-state index contributed by atoms with van der Waals surface area (Å²) in [7, 11) is 0. The fourth-order valence-electron chi connectivity index (χ4n) is 3.07. The molecule has 2 heterocycles. The molecule has 1 aliphatic rings. The molecule has 0 bridgehead atoms. The van der Waals surface area contributed by atoms with Crippen molar-refractivity contribution >= 4 is 17.4 Å². The number of nitriles is 1. The highest BCUT2D eigenvalue weighted by Crippen LogP contribution is 2.16. The molecule has 3 rings (SSSR count). The summed E-state index contributed by atoms with van der Waals surface area (Å²) in [5.74, 6) is 0.956. The fourth-order valence-corrected chi connectivity index (χ4v) is 3.07. The van der Waals surface area contributed by atoms with Crippen LogP contribution in [-0.4, -0.2) is 48.6 Å². The van der Waals surface area contributed by atoms with E-state index in [9.17, 15) is 4.79 Å². The van der Waals surface area contributed by atoms with E-state index in [1.54, 1.807) is 6.20 Å². The first-order chi connectivity index (χ1) is 14.1. The molecule has 2 aromatic rings. The summed E-state index contributed by atoms with van der Waals surface area (Å²) in [6, 6.07) is 9.62. The quantitative estimate of drug-likeness (QED) is 0.658. The van der Waals surface area contributed by atoms with Crippen molar-refractivity contribution in [1.82, 2.24) is 20.6 Å². The topological polar surface area (TPSA) is 106 Å². The molecule has 0 spiro atoms. The number of benzene rings is 1. The smallest absolute Gasteiger partial charge is 0.251 e. The van der Waals surface area contributed by atoms with Gasteiger partial charge in [0.05, 0.1) is 0 Å². The third kappa shape index (κ3) is 5.65. The molecule has 0 saturated carbocycles. The predicted molar refractivity (Wildman–Crippen MR) is 113 cm³/mol. The Balaban J connectivity index is 1.63. The molecule has 0 aliphatic carbocycles. The maximum Gasteiger partial charge on any atom is 0.251 e. The van der Waals surface area contributed by atoms with Crippen LogP contribution in [0.15, 0.2) is 30.5 Å². The Morgan fingerprint density at radius 1 is 1.28 bits per heavy atom. The van der Waals surface area contributed by atoms with Crippen LogP contribution in [0.3, 0.4) is 0 Å². The van der Waals surface area contributed by atoms with E-state index in [4.69, 9.17) is 5.26 Å². The Morgan fingerprint density at radius 3 is 2.66 bits per heavy atom. The summed E-state index contributed by atoms with van der Waals surface area (Å²) in [5.41, 5.74) is 2.48. The standard InChI is InChI=1S/C21H27N7O/c1-15(2)12-25-20-17(13-24-19(11-22)27-20)14-26-21(29)16-3-5-18(6-4-16)28-9-7-23-8-10-28/h3-6,13,15,23H,7-10,12,14H2,1-2H3,(H,26,29)(H,24,25,27). The van der Waals surface area contributed by atoms with E-state index in [0.29, 0.717) is 17.3 Å². The molecule has 8 nitrogen and oxygen atoms in total. The van der Waals surface area contributed by atoms with Gasteiger partial charge in [0.25, 0.3) is 5.91 Å². The van der Waals surface area contributed by atoms with Gasteiger partial charge in [-0.05, 0) is 30.2 Å². The summed E-state index contributed by atoms with van der Waals surface area (Å²) < 4.78 is 0. The summed E-state index contributed by atoms with van der Waals surface area (Å²) in [4.78, 5) is 23.1. The second-order valence-corrected chi connectivity index (χ2v) is 7.42. The van der Waals surface area contributed by atoms with Gasteiger partial charge in [-0.25, -0.2) is 9.97 Å². The van der Waals surface area contributed by atoms with Gasteiger partial charge < -0.3 is 20.9 Å². The zero-order valence-corrected chi connectivity index (χ0v) is 16.9.